The normalized spacial score (nSPS) is 10.5. The molecule has 2 rings (SSSR count). The van der Waals surface area contributed by atoms with Gasteiger partial charge in [-0.2, -0.15) is 5.10 Å². The Morgan fingerprint density at radius 1 is 1.18 bits per heavy atom. The van der Waals surface area contributed by atoms with Crippen molar-refractivity contribution >= 4 is 17.8 Å². The number of hydrazone groups is 1. The van der Waals surface area contributed by atoms with Crippen molar-refractivity contribution in [2.45, 2.75) is 0 Å². The third-order valence-electron chi connectivity index (χ3n) is 2.72. The molecular weight excluding hydrogens is 290 g/mol. The van der Waals surface area contributed by atoms with Gasteiger partial charge >= 0.3 is 5.69 Å². The molecule has 0 spiro atoms. The van der Waals surface area contributed by atoms with E-state index in [1.807, 2.05) is 0 Å². The van der Waals surface area contributed by atoms with Crippen molar-refractivity contribution in [1.82, 2.24) is 5.43 Å². The van der Waals surface area contributed by atoms with Crippen LogP contribution in [0.2, 0.25) is 0 Å². The average molecular weight is 301 g/mol. The van der Waals surface area contributed by atoms with E-state index in [1.165, 1.54) is 24.4 Å². The van der Waals surface area contributed by atoms with Crippen molar-refractivity contribution in [3.05, 3.63) is 63.7 Å². The van der Waals surface area contributed by atoms with Gasteiger partial charge in [0.2, 0.25) is 0 Å². The number of phenolic OH excluding ortho intramolecular Hbond substituents is 2. The summed E-state index contributed by atoms with van der Waals surface area (Å²) < 4.78 is 0. The maximum absolute atomic E-state index is 11.8. The minimum absolute atomic E-state index is 0.0522. The van der Waals surface area contributed by atoms with E-state index in [2.05, 4.69) is 10.5 Å². The van der Waals surface area contributed by atoms with Gasteiger partial charge in [0.25, 0.3) is 5.91 Å². The molecule has 0 saturated heterocycles. The number of rotatable bonds is 4. The van der Waals surface area contributed by atoms with Crippen LogP contribution in [0.3, 0.4) is 0 Å². The van der Waals surface area contributed by atoms with Crippen LogP contribution in [0.15, 0.2) is 47.6 Å². The molecule has 0 saturated carbocycles. The lowest BCUT2D eigenvalue weighted by Crippen LogP contribution is -2.17. The predicted octanol–water partition coefficient (Wildman–Crippen LogP) is 1.77. The number of nitrogens with one attached hydrogen (secondary N) is 1. The molecule has 8 nitrogen and oxygen atoms in total. The zero-order valence-corrected chi connectivity index (χ0v) is 11.1. The van der Waals surface area contributed by atoms with Crippen LogP contribution in [-0.2, 0) is 0 Å². The van der Waals surface area contributed by atoms with Crippen LogP contribution in [0.1, 0.15) is 15.9 Å². The highest BCUT2D eigenvalue weighted by Crippen LogP contribution is 2.25. The van der Waals surface area contributed by atoms with Crippen molar-refractivity contribution < 1.29 is 19.9 Å². The first-order chi connectivity index (χ1) is 10.5. The SMILES string of the molecule is O=C(N/N=C\c1ccc(O)c([N+](=O)[O-])c1)c1ccccc1O. The number of aromatic hydroxyl groups is 2. The number of amides is 1. The van der Waals surface area contributed by atoms with Gasteiger partial charge in [0.1, 0.15) is 5.75 Å². The van der Waals surface area contributed by atoms with E-state index in [-0.39, 0.29) is 11.3 Å². The molecule has 0 aliphatic heterocycles. The van der Waals surface area contributed by atoms with Gasteiger partial charge in [0.05, 0.1) is 16.7 Å². The zero-order chi connectivity index (χ0) is 16.1. The third kappa shape index (κ3) is 3.37. The standard InChI is InChI=1S/C14H11N3O5/c18-12-4-2-1-3-10(12)14(20)16-15-8-9-5-6-13(19)11(7-9)17(21)22/h1-8,18-19H,(H,16,20)/b15-8-. The molecule has 22 heavy (non-hydrogen) atoms. The van der Waals surface area contributed by atoms with Gasteiger partial charge < -0.3 is 10.2 Å². The Morgan fingerprint density at radius 2 is 1.91 bits per heavy atom. The van der Waals surface area contributed by atoms with Crippen LogP contribution in [0.25, 0.3) is 0 Å². The molecule has 0 aliphatic carbocycles. The quantitative estimate of drug-likeness (QED) is 0.451. The van der Waals surface area contributed by atoms with Gasteiger partial charge in [0.15, 0.2) is 5.75 Å². The highest BCUT2D eigenvalue weighted by Gasteiger charge is 2.13. The Labute approximate surface area is 124 Å². The third-order valence-corrected chi connectivity index (χ3v) is 2.72. The second-order valence-corrected chi connectivity index (χ2v) is 4.22. The lowest BCUT2D eigenvalue weighted by molar-refractivity contribution is -0.385. The van der Waals surface area contributed by atoms with Crippen molar-refractivity contribution in [2.24, 2.45) is 5.10 Å². The Balaban J connectivity index is 2.10. The summed E-state index contributed by atoms with van der Waals surface area (Å²) in [6, 6.07) is 9.62. The van der Waals surface area contributed by atoms with E-state index < -0.39 is 22.3 Å². The summed E-state index contributed by atoms with van der Waals surface area (Å²) in [7, 11) is 0. The topological polar surface area (TPSA) is 125 Å². The number of carbonyl (C=O) groups is 1. The molecule has 8 heteroatoms. The van der Waals surface area contributed by atoms with E-state index in [9.17, 15) is 25.1 Å². The minimum Gasteiger partial charge on any atom is -0.507 e. The summed E-state index contributed by atoms with van der Waals surface area (Å²) in [5.74, 6) is -1.27. The van der Waals surface area contributed by atoms with Crippen LogP contribution in [-0.4, -0.2) is 27.3 Å². The monoisotopic (exact) mass is 301 g/mol. The average Bonchev–Trinajstić information content (AvgIpc) is 2.49. The summed E-state index contributed by atoms with van der Waals surface area (Å²) in [5, 5.41) is 33.2. The highest BCUT2D eigenvalue weighted by molar-refractivity contribution is 5.97. The first-order valence-corrected chi connectivity index (χ1v) is 6.08. The number of hydrogen-bond acceptors (Lipinski definition) is 6. The van der Waals surface area contributed by atoms with Crippen LogP contribution in [0.5, 0.6) is 11.5 Å². The van der Waals surface area contributed by atoms with E-state index in [1.54, 1.807) is 12.1 Å². The molecule has 0 heterocycles. The molecule has 0 unspecified atom stereocenters. The fourth-order valence-corrected chi connectivity index (χ4v) is 1.66. The Bertz CT molecular complexity index is 758. The first kappa shape index (κ1) is 15.0. The van der Waals surface area contributed by atoms with E-state index >= 15 is 0 Å². The summed E-state index contributed by atoms with van der Waals surface area (Å²) in [4.78, 5) is 21.7. The van der Waals surface area contributed by atoms with Gasteiger partial charge in [-0.3, -0.25) is 14.9 Å². The fraction of sp³-hybridized carbons (Fsp3) is 0. The molecule has 0 atom stereocenters. The largest absolute Gasteiger partial charge is 0.507 e. The molecule has 112 valence electrons. The van der Waals surface area contributed by atoms with Gasteiger partial charge in [-0.1, -0.05) is 12.1 Å². The molecule has 0 bridgehead atoms. The second-order valence-electron chi connectivity index (χ2n) is 4.22. The van der Waals surface area contributed by atoms with E-state index in [4.69, 9.17) is 0 Å². The van der Waals surface area contributed by atoms with Crippen molar-refractivity contribution in [1.29, 1.82) is 0 Å². The number of para-hydroxylation sites is 1. The predicted molar refractivity (Wildman–Crippen MR) is 77.9 cm³/mol. The summed E-state index contributed by atoms with van der Waals surface area (Å²) >= 11 is 0. The van der Waals surface area contributed by atoms with Crippen molar-refractivity contribution in [3.8, 4) is 11.5 Å². The van der Waals surface area contributed by atoms with Crippen LogP contribution >= 0.6 is 0 Å². The molecule has 0 aromatic heterocycles. The number of nitrogens with zero attached hydrogens (tertiary/aromatic N) is 2. The molecule has 0 radical (unpaired) electrons. The number of phenols is 2. The molecule has 0 aliphatic rings. The van der Waals surface area contributed by atoms with E-state index in [0.717, 1.165) is 12.1 Å². The maximum atomic E-state index is 11.8. The Morgan fingerprint density at radius 3 is 2.59 bits per heavy atom. The lowest BCUT2D eigenvalue weighted by Gasteiger charge is -2.02. The Kier molecular flexibility index (Phi) is 4.33. The smallest absolute Gasteiger partial charge is 0.311 e. The number of carbonyl (C=O) groups excluding carboxylic acids is 1. The Hall–Kier alpha value is -3.42. The van der Waals surface area contributed by atoms with E-state index in [0.29, 0.717) is 5.56 Å². The zero-order valence-electron chi connectivity index (χ0n) is 11.1. The molecule has 1 amide bonds. The minimum atomic E-state index is -0.729. The molecule has 2 aromatic carbocycles. The fourth-order valence-electron chi connectivity index (χ4n) is 1.66. The molecular formula is C14H11N3O5. The first-order valence-electron chi connectivity index (χ1n) is 6.08. The molecule has 0 fully saturated rings. The number of nitro groups is 1. The van der Waals surface area contributed by atoms with Gasteiger partial charge in [-0.05, 0) is 24.3 Å². The number of nitro benzene ring substituents is 1. The van der Waals surface area contributed by atoms with Gasteiger partial charge in [-0.25, -0.2) is 5.43 Å². The number of benzene rings is 2. The maximum Gasteiger partial charge on any atom is 0.311 e. The lowest BCUT2D eigenvalue weighted by atomic mass is 10.2. The summed E-state index contributed by atoms with van der Waals surface area (Å²) in [6.45, 7) is 0. The summed E-state index contributed by atoms with van der Waals surface area (Å²) in [5.41, 5.74) is 2.10. The molecule has 3 N–H and O–H groups in total. The highest BCUT2D eigenvalue weighted by atomic mass is 16.6. The number of hydrogen-bond donors (Lipinski definition) is 3. The van der Waals surface area contributed by atoms with Gasteiger partial charge in [-0.15, -0.1) is 0 Å². The summed E-state index contributed by atoms with van der Waals surface area (Å²) in [6.07, 6.45) is 1.18. The molecule has 2 aromatic rings. The second kappa shape index (κ2) is 6.35. The van der Waals surface area contributed by atoms with Crippen LogP contribution in [0, 0.1) is 10.1 Å². The van der Waals surface area contributed by atoms with Gasteiger partial charge in [0, 0.05) is 11.6 Å². The van der Waals surface area contributed by atoms with Crippen LogP contribution < -0.4 is 5.43 Å². The van der Waals surface area contributed by atoms with Crippen LogP contribution in [0.4, 0.5) is 5.69 Å². The van der Waals surface area contributed by atoms with Crippen molar-refractivity contribution in [2.75, 3.05) is 0 Å². The van der Waals surface area contributed by atoms with Crippen molar-refractivity contribution in [3.63, 3.8) is 0 Å².